The number of nitrogens with zero attached hydrogens (tertiary/aromatic N) is 1. The number of rotatable bonds is 11. The molecule has 0 saturated carbocycles. The highest BCUT2D eigenvalue weighted by atomic mass is 32.2. The fourth-order valence-corrected chi connectivity index (χ4v) is 4.98. The fourth-order valence-electron chi connectivity index (χ4n) is 3.54. The molecule has 3 aromatic rings. The molecule has 180 valence electrons. The summed E-state index contributed by atoms with van der Waals surface area (Å²) in [5.74, 6) is -0.0444. The van der Waals surface area contributed by atoms with E-state index in [0.717, 1.165) is 29.1 Å². The molecule has 0 atom stereocenters. The lowest BCUT2D eigenvalue weighted by molar-refractivity contribution is -0.114. The number of carbonyl (C=O) groups excluding carboxylic acids is 1. The second-order valence-electron chi connectivity index (χ2n) is 8.07. The van der Waals surface area contributed by atoms with E-state index in [0.29, 0.717) is 23.7 Å². The third-order valence-corrected chi connectivity index (χ3v) is 7.16. The number of para-hydroxylation sites is 2. The summed E-state index contributed by atoms with van der Waals surface area (Å²) in [6.45, 7) is 5.84. The van der Waals surface area contributed by atoms with Crippen LogP contribution in [-0.4, -0.2) is 27.5 Å². The second-order valence-corrected chi connectivity index (χ2v) is 9.94. The molecular weight excluding hydrogens is 448 g/mol. The standard InChI is InChI=1S/C27H32N2O4S/c1-4-6-9-22-14-16-23(17-15-22)28-27(30)20-29(25-10-7-8-11-26(25)33-5-2)34(31,32)24-18-12-21(3)13-19-24/h7-8,10-19H,4-6,9,20H2,1-3H3,(H,28,30). The number of sulfonamides is 1. The van der Waals surface area contributed by atoms with Gasteiger partial charge in [0.25, 0.3) is 10.0 Å². The molecule has 0 fully saturated rings. The Morgan fingerprint density at radius 2 is 1.62 bits per heavy atom. The Morgan fingerprint density at radius 1 is 0.941 bits per heavy atom. The molecule has 3 rings (SSSR count). The van der Waals surface area contributed by atoms with E-state index in [9.17, 15) is 13.2 Å². The average Bonchev–Trinajstić information content (AvgIpc) is 2.83. The number of carbonyl (C=O) groups is 1. The van der Waals surface area contributed by atoms with Crippen LogP contribution in [0, 0.1) is 6.92 Å². The van der Waals surface area contributed by atoms with Gasteiger partial charge in [-0.2, -0.15) is 0 Å². The summed E-state index contributed by atoms with van der Waals surface area (Å²) < 4.78 is 34.0. The quantitative estimate of drug-likeness (QED) is 0.389. The molecule has 7 heteroatoms. The number of hydrogen-bond donors (Lipinski definition) is 1. The van der Waals surface area contributed by atoms with Crippen molar-refractivity contribution < 1.29 is 17.9 Å². The lowest BCUT2D eigenvalue weighted by Crippen LogP contribution is -2.38. The van der Waals surface area contributed by atoms with Crippen LogP contribution in [-0.2, 0) is 21.2 Å². The molecule has 0 heterocycles. The van der Waals surface area contributed by atoms with Gasteiger partial charge in [-0.15, -0.1) is 0 Å². The summed E-state index contributed by atoms with van der Waals surface area (Å²) in [6, 6.07) is 21.1. The number of hydrogen-bond acceptors (Lipinski definition) is 4. The van der Waals surface area contributed by atoms with Crippen molar-refractivity contribution in [2.24, 2.45) is 0 Å². The normalized spacial score (nSPS) is 11.1. The first-order valence-corrected chi connectivity index (χ1v) is 13.0. The van der Waals surface area contributed by atoms with Crippen molar-refractivity contribution in [2.45, 2.75) is 44.9 Å². The number of ether oxygens (including phenoxy) is 1. The Bertz CT molecular complexity index is 1190. The second kappa shape index (κ2) is 11.7. The van der Waals surface area contributed by atoms with Gasteiger partial charge in [0.15, 0.2) is 0 Å². The molecule has 0 spiro atoms. The first-order chi connectivity index (χ1) is 16.3. The van der Waals surface area contributed by atoms with Gasteiger partial charge in [0, 0.05) is 5.69 Å². The summed E-state index contributed by atoms with van der Waals surface area (Å²) >= 11 is 0. The molecule has 6 nitrogen and oxygen atoms in total. The molecule has 0 aromatic heterocycles. The maximum absolute atomic E-state index is 13.6. The van der Waals surface area contributed by atoms with E-state index in [1.807, 2.05) is 38.1 Å². The van der Waals surface area contributed by atoms with Gasteiger partial charge >= 0.3 is 0 Å². The molecule has 1 amide bonds. The van der Waals surface area contributed by atoms with Crippen LogP contribution >= 0.6 is 0 Å². The number of unbranched alkanes of at least 4 members (excludes halogenated alkanes) is 1. The third-order valence-electron chi connectivity index (χ3n) is 5.39. The maximum atomic E-state index is 13.6. The van der Waals surface area contributed by atoms with Gasteiger partial charge in [-0.25, -0.2) is 8.42 Å². The van der Waals surface area contributed by atoms with E-state index in [1.165, 1.54) is 5.56 Å². The van der Waals surface area contributed by atoms with Crippen molar-refractivity contribution >= 4 is 27.3 Å². The van der Waals surface area contributed by atoms with E-state index < -0.39 is 22.5 Å². The number of aryl methyl sites for hydroxylation is 2. The number of anilines is 2. The molecule has 0 saturated heterocycles. The van der Waals surface area contributed by atoms with Gasteiger partial charge < -0.3 is 10.1 Å². The Labute approximate surface area is 202 Å². The van der Waals surface area contributed by atoms with Crippen LogP contribution in [0.2, 0.25) is 0 Å². The van der Waals surface area contributed by atoms with Crippen molar-refractivity contribution in [3.05, 3.63) is 83.9 Å². The van der Waals surface area contributed by atoms with Crippen molar-refractivity contribution in [3.63, 3.8) is 0 Å². The predicted octanol–water partition coefficient (Wildman–Crippen LogP) is 5.57. The van der Waals surface area contributed by atoms with Crippen LogP contribution in [0.3, 0.4) is 0 Å². The van der Waals surface area contributed by atoms with E-state index in [2.05, 4.69) is 12.2 Å². The van der Waals surface area contributed by atoms with Crippen molar-refractivity contribution in [3.8, 4) is 5.75 Å². The van der Waals surface area contributed by atoms with E-state index in [4.69, 9.17) is 4.74 Å². The van der Waals surface area contributed by atoms with E-state index >= 15 is 0 Å². The van der Waals surface area contributed by atoms with Crippen LogP contribution in [0.15, 0.2) is 77.7 Å². The van der Waals surface area contributed by atoms with Crippen LogP contribution in [0.4, 0.5) is 11.4 Å². The smallest absolute Gasteiger partial charge is 0.264 e. The highest BCUT2D eigenvalue weighted by molar-refractivity contribution is 7.92. The molecule has 0 aliphatic rings. The molecule has 0 bridgehead atoms. The van der Waals surface area contributed by atoms with Gasteiger partial charge in [0.2, 0.25) is 5.91 Å². The highest BCUT2D eigenvalue weighted by Crippen LogP contribution is 2.32. The first-order valence-electron chi connectivity index (χ1n) is 11.5. The zero-order valence-electron chi connectivity index (χ0n) is 20.0. The third kappa shape index (κ3) is 6.38. The minimum absolute atomic E-state index is 0.109. The van der Waals surface area contributed by atoms with E-state index in [-0.39, 0.29) is 4.90 Å². The molecule has 3 aromatic carbocycles. The van der Waals surface area contributed by atoms with Gasteiger partial charge in [-0.3, -0.25) is 9.10 Å². The lowest BCUT2D eigenvalue weighted by Gasteiger charge is -2.26. The molecule has 0 aliphatic heterocycles. The maximum Gasteiger partial charge on any atom is 0.264 e. The highest BCUT2D eigenvalue weighted by Gasteiger charge is 2.29. The Hall–Kier alpha value is -3.32. The minimum Gasteiger partial charge on any atom is -0.492 e. The zero-order chi connectivity index (χ0) is 24.6. The van der Waals surface area contributed by atoms with Crippen LogP contribution in [0.25, 0.3) is 0 Å². The largest absolute Gasteiger partial charge is 0.492 e. The molecule has 1 N–H and O–H groups in total. The van der Waals surface area contributed by atoms with Crippen LogP contribution < -0.4 is 14.4 Å². The average molecular weight is 481 g/mol. The van der Waals surface area contributed by atoms with Gasteiger partial charge in [0.1, 0.15) is 12.3 Å². The van der Waals surface area contributed by atoms with E-state index in [1.54, 1.807) is 48.5 Å². The van der Waals surface area contributed by atoms with Gasteiger partial charge in [-0.1, -0.05) is 55.3 Å². The lowest BCUT2D eigenvalue weighted by atomic mass is 10.1. The van der Waals surface area contributed by atoms with Crippen molar-refractivity contribution in [1.82, 2.24) is 0 Å². The first kappa shape index (κ1) is 25.3. The van der Waals surface area contributed by atoms with Gasteiger partial charge in [-0.05, 0) is 68.7 Å². The zero-order valence-corrected chi connectivity index (χ0v) is 20.8. The summed E-state index contributed by atoms with van der Waals surface area (Å²) in [5.41, 5.74) is 3.08. The Kier molecular flexibility index (Phi) is 8.71. The monoisotopic (exact) mass is 480 g/mol. The van der Waals surface area contributed by atoms with Crippen LogP contribution in [0.5, 0.6) is 5.75 Å². The number of nitrogens with one attached hydrogen (secondary N) is 1. The number of benzene rings is 3. The predicted molar refractivity (Wildman–Crippen MR) is 137 cm³/mol. The summed E-state index contributed by atoms with van der Waals surface area (Å²) in [7, 11) is -4.02. The topological polar surface area (TPSA) is 75.7 Å². The number of amides is 1. The molecular formula is C27H32N2O4S. The molecule has 0 radical (unpaired) electrons. The molecule has 34 heavy (non-hydrogen) atoms. The summed E-state index contributed by atoms with van der Waals surface area (Å²) in [4.78, 5) is 13.1. The van der Waals surface area contributed by atoms with Crippen molar-refractivity contribution in [1.29, 1.82) is 0 Å². The SMILES string of the molecule is CCCCc1ccc(NC(=O)CN(c2ccccc2OCC)S(=O)(=O)c2ccc(C)cc2)cc1. The Balaban J connectivity index is 1.90. The van der Waals surface area contributed by atoms with Crippen molar-refractivity contribution in [2.75, 3.05) is 22.8 Å². The fraction of sp³-hybridized carbons (Fsp3) is 0.296. The Morgan fingerprint density at radius 3 is 2.26 bits per heavy atom. The van der Waals surface area contributed by atoms with Gasteiger partial charge in [0.05, 0.1) is 17.2 Å². The minimum atomic E-state index is -4.02. The molecule has 0 aliphatic carbocycles. The summed E-state index contributed by atoms with van der Waals surface area (Å²) in [6.07, 6.45) is 3.21. The molecule has 0 unspecified atom stereocenters. The summed E-state index contributed by atoms with van der Waals surface area (Å²) in [5, 5.41) is 2.82. The van der Waals surface area contributed by atoms with Crippen LogP contribution in [0.1, 0.15) is 37.8 Å².